The molecule has 0 bridgehead atoms. The second-order valence-corrected chi connectivity index (χ2v) is 3.79. The third-order valence-corrected chi connectivity index (χ3v) is 0.707. The van der Waals surface area contributed by atoms with Gasteiger partial charge < -0.3 is 0 Å². The van der Waals surface area contributed by atoms with Crippen LogP contribution in [0.3, 0.4) is 0 Å². The molecule has 0 radical (unpaired) electrons. The predicted molar refractivity (Wildman–Crippen MR) is 73.0 cm³/mol. The highest BCUT2D eigenvalue weighted by atomic mass is 13.7. The Balaban J connectivity index is -0.0000000505. The molecule has 92 valence electrons. The third kappa shape index (κ3) is 363. The van der Waals surface area contributed by atoms with E-state index in [2.05, 4.69) is 48.5 Å². The maximum atomic E-state index is 2.21. The third-order valence-electron chi connectivity index (χ3n) is 0.707. The highest BCUT2D eigenvalue weighted by molar-refractivity contribution is 4.24. The molecule has 0 heteroatoms. The molecule has 0 saturated carbocycles. The van der Waals surface area contributed by atoms with Crippen LogP contribution in [0.15, 0.2) is 0 Å². The average Bonchev–Trinajstić information content (AvgIpc) is 2.09. The lowest BCUT2D eigenvalue weighted by Gasteiger charge is -1.79. The second-order valence-electron chi connectivity index (χ2n) is 3.79. The van der Waals surface area contributed by atoms with Crippen molar-refractivity contribution in [1.82, 2.24) is 0 Å². The van der Waals surface area contributed by atoms with E-state index < -0.39 is 0 Å². The van der Waals surface area contributed by atoms with Crippen molar-refractivity contribution in [2.45, 2.75) is 88.0 Å². The van der Waals surface area contributed by atoms with Crippen LogP contribution in [0.1, 0.15) is 88.0 Å². The monoisotopic (exact) mass is 204 g/mol. The predicted octanol–water partition coefficient (Wildman–Crippen LogP) is 6.30. The van der Waals surface area contributed by atoms with Crippen LogP contribution in [-0.4, -0.2) is 0 Å². The first-order valence-electron chi connectivity index (χ1n) is 6.56. The van der Waals surface area contributed by atoms with E-state index >= 15 is 0 Å². The molecule has 0 unspecified atom stereocenters. The largest absolute Gasteiger partial charge is 0.0683 e. The summed E-state index contributed by atoms with van der Waals surface area (Å²) in [5.74, 6) is 0.833. The van der Waals surface area contributed by atoms with Crippen LogP contribution < -0.4 is 0 Å². The van der Waals surface area contributed by atoms with Gasteiger partial charge in [0.25, 0.3) is 0 Å². The van der Waals surface area contributed by atoms with Gasteiger partial charge in [-0.25, -0.2) is 0 Å². The Morgan fingerprint density at radius 1 is 0.714 bits per heavy atom. The van der Waals surface area contributed by atoms with Crippen LogP contribution in [0, 0.1) is 5.92 Å². The maximum Gasteiger partial charge on any atom is -0.0500 e. The van der Waals surface area contributed by atoms with E-state index in [1.54, 1.807) is 0 Å². The summed E-state index contributed by atoms with van der Waals surface area (Å²) in [5.41, 5.74) is 0. The molecule has 0 fully saturated rings. The molecule has 0 aliphatic heterocycles. The van der Waals surface area contributed by atoms with Crippen molar-refractivity contribution in [2.24, 2.45) is 5.92 Å². The van der Waals surface area contributed by atoms with E-state index in [4.69, 9.17) is 0 Å². The van der Waals surface area contributed by atoms with Crippen LogP contribution in [0.5, 0.6) is 0 Å². The van der Waals surface area contributed by atoms with E-state index in [-0.39, 0.29) is 0 Å². The van der Waals surface area contributed by atoms with E-state index in [0.29, 0.717) is 0 Å². The van der Waals surface area contributed by atoms with Gasteiger partial charge in [0, 0.05) is 0 Å². The van der Waals surface area contributed by atoms with Gasteiger partial charge in [-0.2, -0.15) is 0 Å². The van der Waals surface area contributed by atoms with Crippen molar-refractivity contribution in [3.05, 3.63) is 0 Å². The fraction of sp³-hybridized carbons (Fsp3) is 1.00. The molecule has 0 nitrogen and oxygen atoms in total. The van der Waals surface area contributed by atoms with Crippen molar-refractivity contribution in [2.75, 3.05) is 0 Å². The van der Waals surface area contributed by atoms with E-state index in [1.165, 1.54) is 25.7 Å². The molecule has 0 aromatic rings. The zero-order valence-electron chi connectivity index (χ0n) is 12.4. The summed E-state index contributed by atoms with van der Waals surface area (Å²) in [7, 11) is 0. The van der Waals surface area contributed by atoms with Crippen molar-refractivity contribution < 1.29 is 0 Å². The van der Waals surface area contributed by atoms with Gasteiger partial charge in [-0.3, -0.25) is 0 Å². The number of hydrogen-bond donors (Lipinski definition) is 0. The van der Waals surface area contributed by atoms with E-state index in [1.807, 2.05) is 13.8 Å². The Labute approximate surface area is 94.5 Å². The fourth-order valence-electron chi connectivity index (χ4n) is 0.354. The van der Waals surface area contributed by atoms with Gasteiger partial charge in [0.2, 0.25) is 0 Å². The van der Waals surface area contributed by atoms with Gasteiger partial charge in [-0.1, -0.05) is 88.0 Å². The number of hydrogen-bond acceptors (Lipinski definition) is 0. The smallest absolute Gasteiger partial charge is 0.0500 e. The lowest BCUT2D eigenvalue weighted by molar-refractivity contribution is 0.737. The molecular weight excluding hydrogens is 168 g/mol. The summed E-state index contributed by atoms with van der Waals surface area (Å²) in [6.07, 6.45) is 5.33. The average molecular weight is 204 g/mol. The molecule has 0 saturated heterocycles. The molecule has 0 rings (SSSR count). The van der Waals surface area contributed by atoms with Crippen LogP contribution in [0.2, 0.25) is 0 Å². The Hall–Kier alpha value is 0. The first-order valence-corrected chi connectivity index (χ1v) is 6.56. The van der Waals surface area contributed by atoms with E-state index in [0.717, 1.165) is 5.92 Å². The van der Waals surface area contributed by atoms with Crippen LogP contribution >= 0.6 is 0 Å². The minimum atomic E-state index is 0.833. The molecule has 14 heavy (non-hydrogen) atoms. The minimum Gasteiger partial charge on any atom is -0.0683 e. The fourth-order valence-corrected chi connectivity index (χ4v) is 0.354. The quantitative estimate of drug-likeness (QED) is 0.495. The lowest BCUT2D eigenvalue weighted by Crippen LogP contribution is -1.66. The Morgan fingerprint density at radius 2 is 0.857 bits per heavy atom. The molecule has 0 amide bonds. The van der Waals surface area contributed by atoms with Gasteiger partial charge in [-0.15, -0.1) is 0 Å². The Bertz CT molecular complexity index is 32.5. The summed E-state index contributed by atoms with van der Waals surface area (Å²) in [4.78, 5) is 0. The highest BCUT2D eigenvalue weighted by Gasteiger charge is 1.68. The molecular formula is C14H36. The van der Waals surface area contributed by atoms with Gasteiger partial charge in [0.15, 0.2) is 0 Å². The molecule has 0 aliphatic carbocycles. The first-order chi connectivity index (χ1) is 6.56. The minimum absolute atomic E-state index is 0.833. The highest BCUT2D eigenvalue weighted by Crippen LogP contribution is 1.88. The van der Waals surface area contributed by atoms with Crippen molar-refractivity contribution >= 4 is 0 Å². The Morgan fingerprint density at radius 3 is 0.857 bits per heavy atom. The van der Waals surface area contributed by atoms with Crippen LogP contribution in [0.4, 0.5) is 0 Å². The molecule has 0 aromatic heterocycles. The SMILES string of the molecule is CC.CC(C)C.CCC.CCCCC. The molecule has 0 aromatic carbocycles. The lowest BCUT2D eigenvalue weighted by atomic mass is 10.3. The van der Waals surface area contributed by atoms with Gasteiger partial charge in [-0.05, 0) is 5.92 Å². The van der Waals surface area contributed by atoms with Crippen molar-refractivity contribution in [3.63, 3.8) is 0 Å². The maximum absolute atomic E-state index is 2.21. The molecule has 0 aliphatic rings. The van der Waals surface area contributed by atoms with E-state index in [9.17, 15) is 0 Å². The standard InChI is InChI=1S/C5H12.C4H10.C3H8.C2H6/c1-3-5-4-2;1-4(2)3;1-3-2;1-2/h3-5H2,1-2H3;4H,1-3H3;3H2,1-2H3;1-2H3. The zero-order valence-corrected chi connectivity index (χ0v) is 12.4. The summed E-state index contributed by atoms with van der Waals surface area (Å²) in [5, 5.41) is 0. The topological polar surface area (TPSA) is 0 Å². The van der Waals surface area contributed by atoms with Gasteiger partial charge in [0.05, 0.1) is 0 Å². The summed E-state index contributed by atoms with van der Waals surface area (Å²) >= 11 is 0. The van der Waals surface area contributed by atoms with Crippen LogP contribution in [-0.2, 0) is 0 Å². The van der Waals surface area contributed by atoms with Crippen molar-refractivity contribution in [1.29, 1.82) is 0 Å². The zero-order chi connectivity index (χ0) is 12.4. The normalized spacial score (nSPS) is 7.29. The second kappa shape index (κ2) is 38.2. The van der Waals surface area contributed by atoms with Crippen LogP contribution in [0.25, 0.3) is 0 Å². The Kier molecular flexibility index (Phi) is 64.6. The molecule has 0 atom stereocenters. The first kappa shape index (κ1) is 23.7. The number of unbranched alkanes of at least 4 members (excludes halogenated alkanes) is 2. The van der Waals surface area contributed by atoms with Crippen molar-refractivity contribution in [3.8, 4) is 0 Å². The molecule has 0 heterocycles. The summed E-state index contributed by atoms with van der Waals surface area (Å²) in [6, 6.07) is 0. The molecule has 0 spiro atoms. The molecule has 0 N–H and O–H groups in total. The summed E-state index contributed by atoms with van der Waals surface area (Å²) in [6.45, 7) is 19.2. The summed E-state index contributed by atoms with van der Waals surface area (Å²) < 4.78 is 0. The van der Waals surface area contributed by atoms with Gasteiger partial charge >= 0.3 is 0 Å². The number of rotatable bonds is 2. The van der Waals surface area contributed by atoms with Gasteiger partial charge in [0.1, 0.15) is 0 Å².